The highest BCUT2D eigenvalue weighted by Crippen LogP contribution is 2.43. The van der Waals surface area contributed by atoms with Crippen LogP contribution in [0.3, 0.4) is 0 Å². The van der Waals surface area contributed by atoms with Crippen LogP contribution in [0.15, 0.2) is 65.2 Å². The topological polar surface area (TPSA) is 35.3 Å². The van der Waals surface area contributed by atoms with Crippen molar-refractivity contribution >= 4 is 32.7 Å². The second kappa shape index (κ2) is 6.34. The fraction of sp³-hybridized carbons (Fsp3) is 0.250. The van der Waals surface area contributed by atoms with Gasteiger partial charge in [-0.3, -0.25) is 4.98 Å². The van der Waals surface area contributed by atoms with Crippen LogP contribution in [0.4, 0.5) is 0 Å². The fourth-order valence-corrected chi connectivity index (χ4v) is 4.98. The summed E-state index contributed by atoms with van der Waals surface area (Å²) in [5.41, 5.74) is 6.32. The minimum atomic E-state index is 0.0195. The van der Waals surface area contributed by atoms with E-state index in [4.69, 9.17) is 14.1 Å². The molecule has 1 aliphatic rings. The van der Waals surface area contributed by atoms with Gasteiger partial charge in [-0.05, 0) is 59.0 Å². The highest BCUT2D eigenvalue weighted by Gasteiger charge is 2.26. The smallest absolute Gasteiger partial charge is 0.161 e. The molecule has 1 aliphatic heterocycles. The zero-order chi connectivity index (χ0) is 21.3. The van der Waals surface area contributed by atoms with E-state index in [9.17, 15) is 0 Å². The van der Waals surface area contributed by atoms with E-state index in [0.29, 0.717) is 0 Å². The zero-order valence-electron chi connectivity index (χ0n) is 18.3. The van der Waals surface area contributed by atoms with Gasteiger partial charge in [-0.15, -0.1) is 0 Å². The maximum Gasteiger partial charge on any atom is 0.161 e. The molecule has 154 valence electrons. The van der Waals surface area contributed by atoms with Gasteiger partial charge < -0.3 is 9.15 Å². The number of hydrogen-bond acceptors (Lipinski definition) is 3. The standard InChI is InChI=1S/C28H25NO2/c1-16-13-21-23(30-16)9-10-24-25(21)20-11-12-29-26(27(20)31-24)18-14-17-7-5-6-8-19(17)22(15-18)28(2,3)4/h5-12,14-16H,13H2,1-4H3. The monoisotopic (exact) mass is 407 g/mol. The molecule has 3 aromatic carbocycles. The van der Waals surface area contributed by atoms with Gasteiger partial charge in [-0.25, -0.2) is 0 Å². The number of aromatic nitrogens is 1. The minimum Gasteiger partial charge on any atom is -0.490 e. The predicted octanol–water partition coefficient (Wildman–Crippen LogP) is 7.42. The number of fused-ring (bicyclic) bond motifs is 6. The van der Waals surface area contributed by atoms with Crippen LogP contribution >= 0.6 is 0 Å². The Morgan fingerprint density at radius 3 is 2.65 bits per heavy atom. The summed E-state index contributed by atoms with van der Waals surface area (Å²) in [7, 11) is 0. The summed E-state index contributed by atoms with van der Waals surface area (Å²) in [5.74, 6) is 0.974. The third kappa shape index (κ3) is 2.76. The first kappa shape index (κ1) is 18.4. The molecule has 0 spiro atoms. The number of rotatable bonds is 1. The molecule has 2 aromatic heterocycles. The third-order valence-electron chi connectivity index (χ3n) is 6.38. The number of benzene rings is 3. The molecule has 1 atom stereocenters. The molecule has 0 fully saturated rings. The Balaban J connectivity index is 1.66. The average molecular weight is 408 g/mol. The molecule has 0 saturated heterocycles. The van der Waals surface area contributed by atoms with Crippen molar-refractivity contribution in [2.75, 3.05) is 0 Å². The van der Waals surface area contributed by atoms with Gasteiger partial charge in [0.1, 0.15) is 23.1 Å². The third-order valence-corrected chi connectivity index (χ3v) is 6.38. The highest BCUT2D eigenvalue weighted by molar-refractivity contribution is 6.11. The molecule has 6 rings (SSSR count). The summed E-state index contributed by atoms with van der Waals surface area (Å²) in [4.78, 5) is 4.79. The van der Waals surface area contributed by atoms with Gasteiger partial charge in [-0.2, -0.15) is 0 Å². The molecule has 3 heteroatoms. The van der Waals surface area contributed by atoms with Crippen LogP contribution in [0.25, 0.3) is 44.0 Å². The normalized spacial score (nSPS) is 16.2. The van der Waals surface area contributed by atoms with E-state index in [1.54, 1.807) is 0 Å². The molecule has 0 radical (unpaired) electrons. The summed E-state index contributed by atoms with van der Waals surface area (Å²) < 4.78 is 12.4. The lowest BCUT2D eigenvalue weighted by atomic mass is 9.82. The molecular weight excluding hydrogens is 382 g/mol. The SMILES string of the molecule is CC1Cc2c(ccc3oc4c(-c5cc(C(C)(C)C)c6ccccc6c5)nccc4c23)O1. The summed E-state index contributed by atoms with van der Waals surface area (Å²) in [5, 5.41) is 4.79. The number of pyridine rings is 1. The molecule has 0 aliphatic carbocycles. The highest BCUT2D eigenvalue weighted by atomic mass is 16.5. The largest absolute Gasteiger partial charge is 0.490 e. The van der Waals surface area contributed by atoms with E-state index in [1.807, 2.05) is 18.3 Å². The van der Waals surface area contributed by atoms with Crippen molar-refractivity contribution < 1.29 is 9.15 Å². The molecular formula is C28H25NO2. The summed E-state index contributed by atoms with van der Waals surface area (Å²) >= 11 is 0. The number of ether oxygens (including phenoxy) is 1. The summed E-state index contributed by atoms with van der Waals surface area (Å²) in [6, 6.07) is 19.2. The zero-order valence-corrected chi connectivity index (χ0v) is 18.3. The van der Waals surface area contributed by atoms with Crippen LogP contribution in [0.5, 0.6) is 5.75 Å². The molecule has 0 N–H and O–H groups in total. The van der Waals surface area contributed by atoms with E-state index in [1.165, 1.54) is 21.9 Å². The van der Waals surface area contributed by atoms with Crippen LogP contribution in [0.2, 0.25) is 0 Å². The second-order valence-corrected chi connectivity index (χ2v) is 9.68. The van der Waals surface area contributed by atoms with Gasteiger partial charge in [0, 0.05) is 34.5 Å². The Labute approximate surface area is 181 Å². The molecule has 3 nitrogen and oxygen atoms in total. The van der Waals surface area contributed by atoms with E-state index < -0.39 is 0 Å². The molecule has 0 amide bonds. The first-order valence-electron chi connectivity index (χ1n) is 10.9. The average Bonchev–Trinajstić information content (AvgIpc) is 3.31. The van der Waals surface area contributed by atoms with Crippen LogP contribution < -0.4 is 4.74 Å². The van der Waals surface area contributed by atoms with Crippen molar-refractivity contribution in [1.82, 2.24) is 4.98 Å². The number of nitrogens with zero attached hydrogens (tertiary/aromatic N) is 1. The number of hydrogen-bond donors (Lipinski definition) is 0. The van der Waals surface area contributed by atoms with Gasteiger partial charge >= 0.3 is 0 Å². The minimum absolute atomic E-state index is 0.0195. The lowest BCUT2D eigenvalue weighted by molar-refractivity contribution is 0.254. The van der Waals surface area contributed by atoms with E-state index in [0.717, 1.165) is 45.4 Å². The Kier molecular flexibility index (Phi) is 3.77. The van der Waals surface area contributed by atoms with Crippen molar-refractivity contribution in [3.8, 4) is 17.0 Å². The predicted molar refractivity (Wildman–Crippen MR) is 127 cm³/mol. The lowest BCUT2D eigenvalue weighted by Crippen LogP contribution is -2.12. The molecule has 31 heavy (non-hydrogen) atoms. The number of furan rings is 1. The van der Waals surface area contributed by atoms with Crippen LogP contribution in [0, 0.1) is 0 Å². The van der Waals surface area contributed by atoms with Crippen molar-refractivity contribution in [2.45, 2.75) is 45.6 Å². The summed E-state index contributed by atoms with van der Waals surface area (Å²) in [6.07, 6.45) is 3.00. The lowest BCUT2D eigenvalue weighted by Gasteiger charge is -2.22. The van der Waals surface area contributed by atoms with E-state index in [-0.39, 0.29) is 11.5 Å². The maximum absolute atomic E-state index is 6.42. The van der Waals surface area contributed by atoms with Gasteiger partial charge in [0.2, 0.25) is 0 Å². The first-order valence-corrected chi connectivity index (χ1v) is 10.9. The molecule has 1 unspecified atom stereocenters. The van der Waals surface area contributed by atoms with Crippen molar-refractivity contribution in [3.63, 3.8) is 0 Å². The second-order valence-electron chi connectivity index (χ2n) is 9.68. The van der Waals surface area contributed by atoms with Gasteiger partial charge in [0.15, 0.2) is 5.58 Å². The molecule has 0 bridgehead atoms. The van der Waals surface area contributed by atoms with Gasteiger partial charge in [-0.1, -0.05) is 45.0 Å². The molecule has 5 aromatic rings. The molecule has 0 saturated carbocycles. The first-order chi connectivity index (χ1) is 14.9. The molecule has 3 heterocycles. The Morgan fingerprint density at radius 1 is 0.968 bits per heavy atom. The van der Waals surface area contributed by atoms with E-state index >= 15 is 0 Å². The van der Waals surface area contributed by atoms with Gasteiger partial charge in [0.25, 0.3) is 0 Å². The Morgan fingerprint density at radius 2 is 1.81 bits per heavy atom. The van der Waals surface area contributed by atoms with Gasteiger partial charge in [0.05, 0.1) is 0 Å². The Bertz CT molecular complexity index is 1490. The fourth-order valence-electron chi connectivity index (χ4n) is 4.98. The maximum atomic E-state index is 6.42. The van der Waals surface area contributed by atoms with Crippen molar-refractivity contribution in [1.29, 1.82) is 0 Å². The van der Waals surface area contributed by atoms with Crippen molar-refractivity contribution in [2.24, 2.45) is 0 Å². The van der Waals surface area contributed by atoms with Crippen LogP contribution in [0.1, 0.15) is 38.8 Å². The van der Waals surface area contributed by atoms with Crippen molar-refractivity contribution in [3.05, 3.63) is 71.9 Å². The Hall–Kier alpha value is -3.33. The summed E-state index contributed by atoms with van der Waals surface area (Å²) in [6.45, 7) is 8.90. The quantitative estimate of drug-likeness (QED) is 0.290. The van der Waals surface area contributed by atoms with Crippen LogP contribution in [-0.2, 0) is 11.8 Å². The van der Waals surface area contributed by atoms with E-state index in [2.05, 4.69) is 70.2 Å². The van der Waals surface area contributed by atoms with Crippen LogP contribution in [-0.4, -0.2) is 11.1 Å².